The normalized spacial score (nSPS) is 11.0. The van der Waals surface area contributed by atoms with Gasteiger partial charge in [0.25, 0.3) is 0 Å². The van der Waals surface area contributed by atoms with Crippen molar-refractivity contribution in [2.45, 2.75) is 13.5 Å². The van der Waals surface area contributed by atoms with Gasteiger partial charge in [-0.25, -0.2) is 13.6 Å². The van der Waals surface area contributed by atoms with E-state index >= 15 is 0 Å². The number of amides is 2. The maximum absolute atomic E-state index is 14.5. The molecule has 9 heteroatoms. The number of fused-ring (bicyclic) bond motifs is 1. The zero-order valence-corrected chi connectivity index (χ0v) is 16.5. The molecule has 0 aliphatic carbocycles. The average Bonchev–Trinajstić information content (AvgIpc) is 3.14. The maximum atomic E-state index is 14.5. The number of rotatable bonds is 4. The van der Waals surface area contributed by atoms with Gasteiger partial charge in [0.1, 0.15) is 11.3 Å². The molecule has 0 saturated carbocycles. The lowest BCUT2D eigenvalue weighted by molar-refractivity contribution is 0.262. The summed E-state index contributed by atoms with van der Waals surface area (Å²) >= 11 is 0. The third kappa shape index (κ3) is 3.90. The number of aliphatic hydroxyl groups is 1. The minimum absolute atomic E-state index is 0.0785. The van der Waals surface area contributed by atoms with Crippen LogP contribution in [0.25, 0.3) is 22.0 Å². The van der Waals surface area contributed by atoms with Crippen molar-refractivity contribution >= 4 is 34.1 Å². The minimum atomic E-state index is -0.608. The molecule has 0 aliphatic heterocycles. The molecule has 1 heterocycles. The Morgan fingerprint density at radius 2 is 1.87 bits per heavy atom. The molecule has 0 fully saturated rings. The van der Waals surface area contributed by atoms with Gasteiger partial charge in [0.15, 0.2) is 11.6 Å². The molecule has 4 rings (SSSR count). The van der Waals surface area contributed by atoms with Gasteiger partial charge in [0, 0.05) is 11.3 Å². The molecule has 1 aromatic heterocycles. The molecule has 7 nitrogen and oxygen atoms in total. The topological polar surface area (TPSA) is 116 Å². The number of urea groups is 1. The van der Waals surface area contributed by atoms with Crippen LogP contribution in [0.2, 0.25) is 0 Å². The highest BCUT2D eigenvalue weighted by Crippen LogP contribution is 2.35. The molecule has 0 spiro atoms. The lowest BCUT2D eigenvalue weighted by Gasteiger charge is -2.11. The van der Waals surface area contributed by atoms with Gasteiger partial charge in [-0.05, 0) is 53.9 Å². The number of benzene rings is 3. The quantitative estimate of drug-likeness (QED) is 0.331. The number of aryl methyl sites for hydroxylation is 1. The first-order valence-electron chi connectivity index (χ1n) is 9.37. The van der Waals surface area contributed by atoms with E-state index in [1.807, 2.05) is 0 Å². The number of aromatic amines is 1. The van der Waals surface area contributed by atoms with E-state index in [1.165, 1.54) is 18.2 Å². The lowest BCUT2D eigenvalue weighted by Crippen LogP contribution is -2.20. The summed E-state index contributed by atoms with van der Waals surface area (Å²) < 4.78 is 28.3. The first-order chi connectivity index (χ1) is 14.9. The third-order valence-electron chi connectivity index (χ3n) is 4.88. The summed E-state index contributed by atoms with van der Waals surface area (Å²) in [5.41, 5.74) is 8.75. The van der Waals surface area contributed by atoms with Gasteiger partial charge in [-0.2, -0.15) is 5.10 Å². The fraction of sp³-hybridized carbons (Fsp3) is 0.0909. The molecule has 0 unspecified atom stereocenters. The van der Waals surface area contributed by atoms with Crippen molar-refractivity contribution in [3.63, 3.8) is 0 Å². The number of hydrogen-bond donors (Lipinski definition) is 5. The number of H-pyrrole nitrogens is 1. The SMILES string of the molecule is Cc1ccc(F)c(NC(=O)Nc2ccc(-c3cc(CO)c(F)c4[nH]nc(N)c34)cc2)c1. The third-order valence-corrected chi connectivity index (χ3v) is 4.88. The molecule has 0 atom stereocenters. The number of nitrogen functional groups attached to an aromatic ring is 1. The minimum Gasteiger partial charge on any atom is -0.392 e. The number of nitrogens with zero attached hydrogens (tertiary/aromatic N) is 1. The Morgan fingerprint density at radius 1 is 1.13 bits per heavy atom. The molecule has 3 aromatic carbocycles. The first-order valence-corrected chi connectivity index (χ1v) is 9.37. The average molecular weight is 423 g/mol. The number of halogens is 2. The number of carbonyl (C=O) groups is 1. The van der Waals surface area contributed by atoms with E-state index in [9.17, 15) is 18.7 Å². The van der Waals surface area contributed by atoms with Crippen LogP contribution in [-0.2, 0) is 6.61 Å². The molecular weight excluding hydrogens is 404 g/mol. The highest BCUT2D eigenvalue weighted by atomic mass is 19.1. The van der Waals surface area contributed by atoms with Gasteiger partial charge in [-0.15, -0.1) is 0 Å². The van der Waals surface area contributed by atoms with Gasteiger partial charge < -0.3 is 21.5 Å². The molecule has 0 saturated heterocycles. The molecule has 158 valence electrons. The monoisotopic (exact) mass is 423 g/mol. The van der Waals surface area contributed by atoms with Crippen LogP contribution in [0.15, 0.2) is 48.5 Å². The number of hydrogen-bond acceptors (Lipinski definition) is 4. The Morgan fingerprint density at radius 3 is 2.58 bits per heavy atom. The van der Waals surface area contributed by atoms with Crippen molar-refractivity contribution in [3.05, 3.63) is 71.3 Å². The van der Waals surface area contributed by atoms with Crippen LogP contribution in [0.5, 0.6) is 0 Å². The van der Waals surface area contributed by atoms with Crippen LogP contribution in [0.1, 0.15) is 11.1 Å². The van der Waals surface area contributed by atoms with E-state index in [-0.39, 0.29) is 22.6 Å². The zero-order chi connectivity index (χ0) is 22.1. The van der Waals surface area contributed by atoms with Crippen LogP contribution < -0.4 is 16.4 Å². The van der Waals surface area contributed by atoms with Crippen molar-refractivity contribution < 1.29 is 18.7 Å². The molecule has 0 aliphatic rings. The summed E-state index contributed by atoms with van der Waals surface area (Å²) in [6, 6.07) is 12.1. The van der Waals surface area contributed by atoms with Crippen molar-refractivity contribution in [1.82, 2.24) is 10.2 Å². The molecule has 2 amide bonds. The summed E-state index contributed by atoms with van der Waals surface area (Å²) in [6.45, 7) is 1.31. The summed E-state index contributed by atoms with van der Waals surface area (Å²) in [5.74, 6) is -1.01. The number of carbonyl (C=O) groups excluding carboxylic acids is 1. The van der Waals surface area contributed by atoms with E-state index in [0.717, 1.165) is 5.56 Å². The van der Waals surface area contributed by atoms with Gasteiger partial charge in [0.05, 0.1) is 17.7 Å². The van der Waals surface area contributed by atoms with Gasteiger partial charge in [0.2, 0.25) is 0 Å². The highest BCUT2D eigenvalue weighted by Gasteiger charge is 2.18. The molecule has 4 aromatic rings. The first kappa shape index (κ1) is 20.3. The molecule has 31 heavy (non-hydrogen) atoms. The number of aromatic nitrogens is 2. The maximum Gasteiger partial charge on any atom is 0.323 e. The summed E-state index contributed by atoms with van der Waals surface area (Å²) in [4.78, 5) is 12.2. The predicted octanol–water partition coefficient (Wildman–Crippen LogP) is 4.54. The zero-order valence-electron chi connectivity index (χ0n) is 16.5. The number of nitrogens with one attached hydrogen (secondary N) is 3. The Labute approximate surface area is 175 Å². The number of anilines is 3. The number of nitrogens with two attached hydrogens (primary N) is 1. The second-order valence-electron chi connectivity index (χ2n) is 7.05. The van der Waals surface area contributed by atoms with E-state index in [4.69, 9.17) is 5.73 Å². The summed E-state index contributed by atoms with van der Waals surface area (Å²) in [6.07, 6.45) is 0. The predicted molar refractivity (Wildman–Crippen MR) is 116 cm³/mol. The highest BCUT2D eigenvalue weighted by molar-refractivity contribution is 6.03. The molecular formula is C22H19F2N5O2. The largest absolute Gasteiger partial charge is 0.392 e. The smallest absolute Gasteiger partial charge is 0.323 e. The Kier molecular flexibility index (Phi) is 5.26. The second-order valence-corrected chi connectivity index (χ2v) is 7.05. The van der Waals surface area contributed by atoms with E-state index in [0.29, 0.717) is 22.2 Å². The standard InChI is InChI=1S/C22H19F2N5O2/c1-11-2-7-16(23)17(8-11)27-22(31)26-14-5-3-12(4-6-14)15-9-13(10-30)19(24)20-18(15)21(25)29-28-20/h2-9,30H,10H2,1H3,(H3,25,28,29)(H2,26,27,31). The van der Waals surface area contributed by atoms with E-state index in [1.54, 1.807) is 37.3 Å². The van der Waals surface area contributed by atoms with Gasteiger partial charge >= 0.3 is 6.03 Å². The van der Waals surface area contributed by atoms with Gasteiger partial charge in [-0.1, -0.05) is 18.2 Å². The Hall–Kier alpha value is -3.98. The van der Waals surface area contributed by atoms with E-state index < -0.39 is 24.3 Å². The van der Waals surface area contributed by atoms with Crippen LogP contribution in [-0.4, -0.2) is 21.3 Å². The van der Waals surface area contributed by atoms with Gasteiger partial charge in [-0.3, -0.25) is 5.10 Å². The van der Waals surface area contributed by atoms with Crippen LogP contribution in [0.4, 0.5) is 30.8 Å². The summed E-state index contributed by atoms with van der Waals surface area (Å²) in [5, 5.41) is 21.4. The Balaban J connectivity index is 1.59. The Bertz CT molecular complexity index is 1290. The fourth-order valence-corrected chi connectivity index (χ4v) is 3.35. The van der Waals surface area contributed by atoms with Crippen molar-refractivity contribution in [3.8, 4) is 11.1 Å². The van der Waals surface area contributed by atoms with Crippen molar-refractivity contribution in [2.24, 2.45) is 0 Å². The number of aliphatic hydroxyl groups excluding tert-OH is 1. The fourth-order valence-electron chi connectivity index (χ4n) is 3.35. The van der Waals surface area contributed by atoms with Crippen LogP contribution in [0.3, 0.4) is 0 Å². The molecule has 6 N–H and O–H groups in total. The second kappa shape index (κ2) is 8.04. The van der Waals surface area contributed by atoms with Crippen molar-refractivity contribution in [2.75, 3.05) is 16.4 Å². The summed E-state index contributed by atoms with van der Waals surface area (Å²) in [7, 11) is 0. The van der Waals surface area contributed by atoms with Crippen LogP contribution >= 0.6 is 0 Å². The van der Waals surface area contributed by atoms with Crippen molar-refractivity contribution in [1.29, 1.82) is 0 Å². The van der Waals surface area contributed by atoms with Crippen LogP contribution in [0, 0.1) is 18.6 Å². The molecule has 0 radical (unpaired) electrons. The van der Waals surface area contributed by atoms with E-state index in [2.05, 4.69) is 20.8 Å². The lowest BCUT2D eigenvalue weighted by atomic mass is 9.98. The molecule has 0 bridgehead atoms.